The van der Waals surface area contributed by atoms with Gasteiger partial charge >= 0.3 is 0 Å². The third-order valence-corrected chi connectivity index (χ3v) is 6.62. The Morgan fingerprint density at radius 3 is 2.67 bits per heavy atom. The summed E-state index contributed by atoms with van der Waals surface area (Å²) in [6, 6.07) is 21.0. The molecule has 6 rings (SSSR count). The first-order chi connectivity index (χ1) is 14.7. The second kappa shape index (κ2) is 6.55. The van der Waals surface area contributed by atoms with E-state index in [4.69, 9.17) is 0 Å². The standard InChI is InChI=1S/C26H21N3O/c27-14-18-6-8-22-23(12-18)29-24(30)9-7-19-13-20-16-28(15-17-4-2-1-3-5-17)11-10-21(20)25(22)26(19)29/h1-6,8,12-13H,7,9-11,15-16H2. The fourth-order valence-electron chi connectivity index (χ4n) is 5.29. The van der Waals surface area contributed by atoms with E-state index in [1.165, 1.54) is 27.6 Å². The van der Waals surface area contributed by atoms with Gasteiger partial charge in [-0.15, -0.1) is 0 Å². The molecule has 0 amide bonds. The predicted octanol–water partition coefficient (Wildman–Crippen LogP) is 4.81. The number of rotatable bonds is 2. The molecule has 0 spiro atoms. The molecule has 2 aliphatic heterocycles. The molecule has 0 saturated carbocycles. The smallest absolute Gasteiger partial charge is 0.231 e. The van der Waals surface area contributed by atoms with Crippen LogP contribution in [0.5, 0.6) is 0 Å². The lowest BCUT2D eigenvalue weighted by atomic mass is 9.89. The zero-order chi connectivity index (χ0) is 20.2. The van der Waals surface area contributed by atoms with Gasteiger partial charge in [0.2, 0.25) is 5.91 Å². The van der Waals surface area contributed by atoms with E-state index >= 15 is 0 Å². The van der Waals surface area contributed by atoms with Crippen molar-refractivity contribution < 1.29 is 4.79 Å². The third-order valence-electron chi connectivity index (χ3n) is 6.62. The van der Waals surface area contributed by atoms with E-state index in [1.807, 2.05) is 22.8 Å². The number of fused-ring (bicyclic) bond motifs is 5. The van der Waals surface area contributed by atoms with Crippen LogP contribution in [0.2, 0.25) is 0 Å². The van der Waals surface area contributed by atoms with Gasteiger partial charge in [-0.3, -0.25) is 14.3 Å². The highest BCUT2D eigenvalue weighted by Crippen LogP contribution is 2.40. The van der Waals surface area contributed by atoms with Crippen LogP contribution in [0.25, 0.3) is 21.8 Å². The maximum absolute atomic E-state index is 12.8. The van der Waals surface area contributed by atoms with Crippen molar-refractivity contribution in [1.82, 2.24) is 9.47 Å². The van der Waals surface area contributed by atoms with E-state index in [0.717, 1.165) is 48.9 Å². The van der Waals surface area contributed by atoms with Gasteiger partial charge in [0.15, 0.2) is 0 Å². The van der Waals surface area contributed by atoms with Crippen LogP contribution >= 0.6 is 0 Å². The molecular formula is C26H21N3O. The molecule has 4 nitrogen and oxygen atoms in total. The van der Waals surface area contributed by atoms with Crippen molar-refractivity contribution in [3.63, 3.8) is 0 Å². The summed E-state index contributed by atoms with van der Waals surface area (Å²) >= 11 is 0. The van der Waals surface area contributed by atoms with Gasteiger partial charge in [-0.2, -0.15) is 5.26 Å². The number of hydrogen-bond acceptors (Lipinski definition) is 3. The first-order valence-corrected chi connectivity index (χ1v) is 10.5. The molecule has 0 unspecified atom stereocenters. The summed E-state index contributed by atoms with van der Waals surface area (Å²) in [4.78, 5) is 15.4. The topological polar surface area (TPSA) is 49.0 Å². The van der Waals surface area contributed by atoms with Gasteiger partial charge in [-0.05, 0) is 47.2 Å². The Balaban J connectivity index is 1.53. The summed E-state index contributed by atoms with van der Waals surface area (Å²) in [5.74, 6) is 0.138. The summed E-state index contributed by atoms with van der Waals surface area (Å²) in [5.41, 5.74) is 7.93. The predicted molar refractivity (Wildman–Crippen MR) is 117 cm³/mol. The van der Waals surface area contributed by atoms with Gasteiger partial charge in [0, 0.05) is 36.8 Å². The Morgan fingerprint density at radius 2 is 1.83 bits per heavy atom. The molecule has 0 aliphatic carbocycles. The minimum Gasteiger partial charge on any atom is -0.294 e. The van der Waals surface area contributed by atoms with Crippen LogP contribution in [0.4, 0.5) is 0 Å². The van der Waals surface area contributed by atoms with E-state index < -0.39 is 0 Å². The van der Waals surface area contributed by atoms with Gasteiger partial charge in [-0.1, -0.05) is 42.5 Å². The van der Waals surface area contributed by atoms with Crippen LogP contribution in [-0.4, -0.2) is 21.9 Å². The highest BCUT2D eigenvalue weighted by molar-refractivity contribution is 6.17. The van der Waals surface area contributed by atoms with Crippen LogP contribution in [-0.2, 0) is 25.9 Å². The maximum atomic E-state index is 12.8. The van der Waals surface area contributed by atoms with Crippen LogP contribution < -0.4 is 0 Å². The highest BCUT2D eigenvalue weighted by Gasteiger charge is 2.28. The Labute approximate surface area is 174 Å². The van der Waals surface area contributed by atoms with Crippen LogP contribution in [0.3, 0.4) is 0 Å². The highest BCUT2D eigenvalue weighted by atomic mass is 16.2. The number of carbonyl (C=O) groups is 1. The van der Waals surface area contributed by atoms with Crippen molar-refractivity contribution in [2.75, 3.05) is 6.54 Å². The number of aromatic nitrogens is 1. The summed E-state index contributed by atoms with van der Waals surface area (Å²) in [7, 11) is 0. The Morgan fingerprint density at radius 1 is 0.967 bits per heavy atom. The molecule has 30 heavy (non-hydrogen) atoms. The lowest BCUT2D eigenvalue weighted by molar-refractivity contribution is 0.0908. The number of nitriles is 1. The molecule has 0 saturated heterocycles. The molecule has 1 aromatic heterocycles. The van der Waals surface area contributed by atoms with Crippen molar-refractivity contribution in [2.24, 2.45) is 0 Å². The lowest BCUT2D eigenvalue weighted by Gasteiger charge is -2.30. The van der Waals surface area contributed by atoms with Gasteiger partial charge in [0.1, 0.15) is 0 Å². The van der Waals surface area contributed by atoms with Crippen molar-refractivity contribution in [3.05, 3.63) is 82.4 Å². The number of aryl methyl sites for hydroxylation is 1. The summed E-state index contributed by atoms with van der Waals surface area (Å²) in [5, 5.41) is 11.7. The molecule has 0 fully saturated rings. The molecule has 3 heterocycles. The SMILES string of the molecule is N#Cc1ccc2c3c4c(cc5c3n(c2c1)C(=O)CC5)CN(Cc1ccccc1)CC4. The number of nitrogens with zero attached hydrogens (tertiary/aromatic N) is 3. The molecule has 146 valence electrons. The number of hydrogen-bond donors (Lipinski definition) is 0. The normalized spacial score (nSPS) is 16.0. The van der Waals surface area contributed by atoms with Crippen LogP contribution in [0, 0.1) is 11.3 Å². The first kappa shape index (κ1) is 17.4. The van der Waals surface area contributed by atoms with E-state index in [1.54, 1.807) is 0 Å². The molecule has 4 heteroatoms. The van der Waals surface area contributed by atoms with Crippen molar-refractivity contribution in [1.29, 1.82) is 5.26 Å². The number of benzene rings is 3. The fraction of sp³-hybridized carbons (Fsp3) is 0.231. The first-order valence-electron chi connectivity index (χ1n) is 10.5. The second-order valence-corrected chi connectivity index (χ2v) is 8.42. The Bertz CT molecular complexity index is 1370. The van der Waals surface area contributed by atoms with Gasteiger partial charge < -0.3 is 0 Å². The van der Waals surface area contributed by atoms with E-state index in [0.29, 0.717) is 12.0 Å². The quantitative estimate of drug-likeness (QED) is 0.493. The van der Waals surface area contributed by atoms with Crippen LogP contribution in [0.1, 0.15) is 39.0 Å². The Kier molecular flexibility index (Phi) is 3.81. The lowest BCUT2D eigenvalue weighted by Crippen LogP contribution is -2.30. The summed E-state index contributed by atoms with van der Waals surface area (Å²) in [6.07, 6.45) is 2.30. The minimum atomic E-state index is 0.138. The zero-order valence-electron chi connectivity index (χ0n) is 16.7. The third kappa shape index (κ3) is 2.52. The summed E-state index contributed by atoms with van der Waals surface area (Å²) < 4.78 is 1.88. The summed E-state index contributed by atoms with van der Waals surface area (Å²) in [6.45, 7) is 2.90. The second-order valence-electron chi connectivity index (χ2n) is 8.42. The maximum Gasteiger partial charge on any atom is 0.231 e. The molecule has 0 N–H and O–H groups in total. The van der Waals surface area contributed by atoms with Crippen molar-refractivity contribution in [3.8, 4) is 6.07 Å². The molecule has 3 aromatic carbocycles. The van der Waals surface area contributed by atoms with Gasteiger partial charge in [0.05, 0.1) is 22.7 Å². The van der Waals surface area contributed by atoms with E-state index in [-0.39, 0.29) is 5.91 Å². The van der Waals surface area contributed by atoms with Crippen LogP contribution in [0.15, 0.2) is 54.6 Å². The average molecular weight is 391 g/mol. The number of carbonyl (C=O) groups excluding carboxylic acids is 1. The van der Waals surface area contributed by atoms with E-state index in [2.05, 4.69) is 47.4 Å². The van der Waals surface area contributed by atoms with Gasteiger partial charge in [0.25, 0.3) is 0 Å². The molecule has 4 aromatic rings. The average Bonchev–Trinajstić information content (AvgIpc) is 3.13. The Hall–Kier alpha value is -3.42. The zero-order valence-corrected chi connectivity index (χ0v) is 16.7. The molecule has 2 aliphatic rings. The van der Waals surface area contributed by atoms with Gasteiger partial charge in [-0.25, -0.2) is 0 Å². The monoisotopic (exact) mass is 391 g/mol. The molecule has 0 bridgehead atoms. The fourth-order valence-corrected chi connectivity index (χ4v) is 5.29. The van der Waals surface area contributed by atoms with Crippen molar-refractivity contribution in [2.45, 2.75) is 32.4 Å². The van der Waals surface area contributed by atoms with Crippen molar-refractivity contribution >= 4 is 27.7 Å². The largest absolute Gasteiger partial charge is 0.294 e. The minimum absolute atomic E-state index is 0.138. The molecule has 0 radical (unpaired) electrons. The molecular weight excluding hydrogens is 370 g/mol. The van der Waals surface area contributed by atoms with E-state index in [9.17, 15) is 10.1 Å². The molecule has 0 atom stereocenters.